The minimum atomic E-state index is 0.227. The third kappa shape index (κ3) is 3.34. The molecule has 0 unspecified atom stereocenters. The third-order valence-electron chi connectivity index (χ3n) is 7.68. The molecule has 0 N–H and O–H groups in total. The van der Waals surface area contributed by atoms with Gasteiger partial charge in [0.15, 0.2) is 5.78 Å². The molecule has 0 aromatic heterocycles. The van der Waals surface area contributed by atoms with E-state index in [-0.39, 0.29) is 11.7 Å². The van der Waals surface area contributed by atoms with Gasteiger partial charge in [0.2, 0.25) is 0 Å². The molecule has 1 spiro atoms. The Hall–Kier alpha value is -0.960. The summed E-state index contributed by atoms with van der Waals surface area (Å²) in [6.45, 7) is 1.99. The average molecular weight is 431 g/mol. The predicted molar refractivity (Wildman–Crippen MR) is 113 cm³/mol. The van der Waals surface area contributed by atoms with Crippen molar-refractivity contribution in [1.82, 2.24) is 0 Å². The predicted octanol–water partition coefficient (Wildman–Crippen LogP) is 6.28. The number of carbonyl (C=O) groups excluding carboxylic acids is 2. The molecular weight excluding hydrogens is 400 g/mol. The number of rotatable bonds is 5. The van der Waals surface area contributed by atoms with E-state index in [4.69, 9.17) is 0 Å². The molecular formula is C24H31BrO2. The van der Waals surface area contributed by atoms with Gasteiger partial charge < -0.3 is 0 Å². The summed E-state index contributed by atoms with van der Waals surface area (Å²) in [6, 6.07) is 4.39. The van der Waals surface area contributed by atoms with Gasteiger partial charge in [-0.25, -0.2) is 0 Å². The van der Waals surface area contributed by atoms with E-state index in [1.165, 1.54) is 43.2 Å². The summed E-state index contributed by atoms with van der Waals surface area (Å²) in [7, 11) is 0. The average Bonchev–Trinajstić information content (AvgIpc) is 3.35. The highest BCUT2D eigenvalue weighted by Gasteiger charge is 2.44. The topological polar surface area (TPSA) is 34.1 Å². The first-order chi connectivity index (χ1) is 13.1. The van der Waals surface area contributed by atoms with E-state index in [1.807, 2.05) is 6.92 Å². The molecule has 0 aliphatic heterocycles. The summed E-state index contributed by atoms with van der Waals surface area (Å²) < 4.78 is 0. The van der Waals surface area contributed by atoms with Gasteiger partial charge in [-0.15, -0.1) is 0 Å². The van der Waals surface area contributed by atoms with Gasteiger partial charge >= 0.3 is 0 Å². The molecule has 2 nitrogen and oxygen atoms in total. The molecule has 0 amide bonds. The Morgan fingerprint density at radius 2 is 1.78 bits per heavy atom. The SMILES string of the molecule is CCC(=O)C1CCC(c2ccc(C(=O)CBr)c3c2C2(CCCC2)CC3)CC1. The second-order valence-electron chi connectivity index (χ2n) is 8.97. The summed E-state index contributed by atoms with van der Waals surface area (Å²) in [5, 5.41) is 0.413. The lowest BCUT2D eigenvalue weighted by molar-refractivity contribution is -0.123. The molecule has 1 aromatic carbocycles. The number of Topliss-reactive ketones (excluding diaryl/α,β-unsaturated/α-hetero) is 2. The molecule has 2 saturated carbocycles. The van der Waals surface area contributed by atoms with Crippen LogP contribution in [0, 0.1) is 5.92 Å². The van der Waals surface area contributed by atoms with E-state index in [0.29, 0.717) is 28.9 Å². The fourth-order valence-corrected chi connectivity index (χ4v) is 6.58. The molecule has 3 aliphatic carbocycles. The number of fused-ring (bicyclic) bond motifs is 2. The minimum Gasteiger partial charge on any atom is -0.299 e. The van der Waals surface area contributed by atoms with E-state index in [0.717, 1.165) is 37.7 Å². The van der Waals surface area contributed by atoms with E-state index in [2.05, 4.69) is 28.1 Å². The van der Waals surface area contributed by atoms with Crippen molar-refractivity contribution in [2.45, 2.75) is 88.9 Å². The lowest BCUT2D eigenvalue weighted by Gasteiger charge is -2.34. The van der Waals surface area contributed by atoms with Crippen molar-refractivity contribution in [2.24, 2.45) is 5.92 Å². The number of halogens is 1. The molecule has 1 aromatic rings. The number of alkyl halides is 1. The van der Waals surface area contributed by atoms with Crippen molar-refractivity contribution in [3.05, 3.63) is 34.4 Å². The smallest absolute Gasteiger partial charge is 0.173 e. The van der Waals surface area contributed by atoms with Gasteiger partial charge in [0, 0.05) is 17.9 Å². The number of hydrogen-bond donors (Lipinski definition) is 0. The number of carbonyl (C=O) groups is 2. The van der Waals surface area contributed by atoms with Crippen LogP contribution < -0.4 is 0 Å². The van der Waals surface area contributed by atoms with Gasteiger partial charge in [-0.1, -0.05) is 47.8 Å². The van der Waals surface area contributed by atoms with Crippen molar-refractivity contribution in [2.75, 3.05) is 5.33 Å². The Labute approximate surface area is 171 Å². The second kappa shape index (κ2) is 7.81. The molecule has 3 heteroatoms. The summed E-state index contributed by atoms with van der Waals surface area (Å²) in [6.07, 6.45) is 12.6. The summed E-state index contributed by atoms with van der Waals surface area (Å²) in [5.41, 5.74) is 5.76. The highest BCUT2D eigenvalue weighted by atomic mass is 79.9. The maximum atomic E-state index is 12.5. The fraction of sp³-hybridized carbons (Fsp3) is 0.667. The van der Waals surface area contributed by atoms with Crippen LogP contribution in [0.2, 0.25) is 0 Å². The zero-order chi connectivity index (χ0) is 19.0. The van der Waals surface area contributed by atoms with Gasteiger partial charge in [-0.05, 0) is 79.4 Å². The van der Waals surface area contributed by atoms with Crippen molar-refractivity contribution < 1.29 is 9.59 Å². The summed E-state index contributed by atoms with van der Waals surface area (Å²) in [5.74, 6) is 1.53. The zero-order valence-corrected chi connectivity index (χ0v) is 18.1. The van der Waals surface area contributed by atoms with Crippen LogP contribution in [0.25, 0.3) is 0 Å². The van der Waals surface area contributed by atoms with Gasteiger partial charge in [-0.3, -0.25) is 9.59 Å². The molecule has 0 atom stereocenters. The van der Waals surface area contributed by atoms with Crippen molar-refractivity contribution >= 4 is 27.5 Å². The largest absolute Gasteiger partial charge is 0.299 e. The van der Waals surface area contributed by atoms with Gasteiger partial charge in [-0.2, -0.15) is 0 Å². The number of benzene rings is 1. The van der Waals surface area contributed by atoms with Crippen LogP contribution in [0.5, 0.6) is 0 Å². The fourth-order valence-electron chi connectivity index (χ4n) is 6.28. The quantitative estimate of drug-likeness (QED) is 0.406. The van der Waals surface area contributed by atoms with Crippen molar-refractivity contribution in [1.29, 1.82) is 0 Å². The molecule has 0 saturated heterocycles. The highest BCUT2D eigenvalue weighted by Crippen LogP contribution is 2.54. The molecule has 2 fully saturated rings. The second-order valence-corrected chi connectivity index (χ2v) is 9.53. The lowest BCUT2D eigenvalue weighted by Crippen LogP contribution is -2.25. The normalized spacial score (nSPS) is 26.3. The first kappa shape index (κ1) is 19.4. The van der Waals surface area contributed by atoms with Gasteiger partial charge in [0.1, 0.15) is 5.78 Å². The molecule has 27 heavy (non-hydrogen) atoms. The summed E-state index contributed by atoms with van der Waals surface area (Å²) >= 11 is 3.38. The van der Waals surface area contributed by atoms with Crippen LogP contribution >= 0.6 is 15.9 Å². The van der Waals surface area contributed by atoms with Crippen LogP contribution in [-0.2, 0) is 16.6 Å². The molecule has 3 aliphatic rings. The maximum absolute atomic E-state index is 12.5. The Kier molecular flexibility index (Phi) is 5.60. The monoisotopic (exact) mass is 430 g/mol. The van der Waals surface area contributed by atoms with E-state index in [1.54, 1.807) is 5.56 Å². The Bertz CT molecular complexity index is 737. The molecule has 0 radical (unpaired) electrons. The Morgan fingerprint density at radius 3 is 2.41 bits per heavy atom. The van der Waals surface area contributed by atoms with Crippen LogP contribution in [0.4, 0.5) is 0 Å². The molecule has 4 rings (SSSR count). The van der Waals surface area contributed by atoms with E-state index in [9.17, 15) is 9.59 Å². The van der Waals surface area contributed by atoms with E-state index >= 15 is 0 Å². The number of hydrogen-bond acceptors (Lipinski definition) is 2. The van der Waals surface area contributed by atoms with Crippen LogP contribution in [-0.4, -0.2) is 16.9 Å². The zero-order valence-electron chi connectivity index (χ0n) is 16.5. The Morgan fingerprint density at radius 1 is 1.07 bits per heavy atom. The minimum absolute atomic E-state index is 0.227. The first-order valence-electron chi connectivity index (χ1n) is 10.9. The van der Waals surface area contributed by atoms with Crippen molar-refractivity contribution in [3.63, 3.8) is 0 Å². The van der Waals surface area contributed by atoms with E-state index < -0.39 is 0 Å². The molecule has 0 heterocycles. The van der Waals surface area contributed by atoms with Crippen molar-refractivity contribution in [3.8, 4) is 0 Å². The highest BCUT2D eigenvalue weighted by molar-refractivity contribution is 9.09. The van der Waals surface area contributed by atoms with Gasteiger partial charge in [0.25, 0.3) is 0 Å². The van der Waals surface area contributed by atoms with Crippen LogP contribution in [0.1, 0.15) is 104 Å². The third-order valence-corrected chi connectivity index (χ3v) is 8.19. The number of ketones is 2. The van der Waals surface area contributed by atoms with Crippen LogP contribution in [0.15, 0.2) is 12.1 Å². The molecule has 146 valence electrons. The first-order valence-corrected chi connectivity index (χ1v) is 12.0. The van der Waals surface area contributed by atoms with Gasteiger partial charge in [0.05, 0.1) is 5.33 Å². The Balaban J connectivity index is 1.69. The summed E-state index contributed by atoms with van der Waals surface area (Å²) in [4.78, 5) is 24.6. The van der Waals surface area contributed by atoms with Crippen LogP contribution in [0.3, 0.4) is 0 Å². The standard InChI is InChI=1S/C24H31BrO2/c1-2-21(26)17-7-5-16(6-8-17)18-9-10-19(22(27)15-25)20-11-14-24(23(18)20)12-3-4-13-24/h9-10,16-17H,2-8,11-15H2,1H3. The maximum Gasteiger partial charge on any atom is 0.173 e. The molecule has 0 bridgehead atoms. The lowest BCUT2D eigenvalue weighted by atomic mass is 9.70.